The van der Waals surface area contributed by atoms with Gasteiger partial charge < -0.3 is 20.1 Å². The van der Waals surface area contributed by atoms with E-state index < -0.39 is 12.5 Å². The Morgan fingerprint density at radius 1 is 0.970 bits per heavy atom. The fourth-order valence-electron chi connectivity index (χ4n) is 2.90. The number of alkyl halides is 2. The summed E-state index contributed by atoms with van der Waals surface area (Å²) in [6.07, 6.45) is 0.492. The highest BCUT2D eigenvalue weighted by Gasteiger charge is 2.15. The first kappa shape index (κ1) is 24.0. The van der Waals surface area contributed by atoms with Crippen LogP contribution in [0.4, 0.5) is 14.5 Å². The highest BCUT2D eigenvalue weighted by Crippen LogP contribution is 2.24. The highest BCUT2D eigenvalue weighted by molar-refractivity contribution is 6.31. The zero-order valence-corrected chi connectivity index (χ0v) is 18.1. The topological polar surface area (TPSA) is 76.7 Å². The standard InChI is InChI=1S/C24H21ClF2N2O4/c25-17-8-11-21(20(14-17)23(31)29-18-4-2-1-3-5-18)32-15-22(30)28-13-12-16-6-9-19(10-7-16)33-24(26)27/h1-11,14,24H,12-13,15H2,(H,28,30)(H,29,31). The Morgan fingerprint density at radius 3 is 2.39 bits per heavy atom. The van der Waals surface area contributed by atoms with E-state index in [0.29, 0.717) is 23.7 Å². The largest absolute Gasteiger partial charge is 0.483 e. The Balaban J connectivity index is 1.50. The lowest BCUT2D eigenvalue weighted by molar-refractivity contribution is -0.123. The van der Waals surface area contributed by atoms with Gasteiger partial charge in [-0.2, -0.15) is 8.78 Å². The summed E-state index contributed by atoms with van der Waals surface area (Å²) in [6.45, 7) is -2.85. The Labute approximate surface area is 194 Å². The summed E-state index contributed by atoms with van der Waals surface area (Å²) >= 11 is 6.03. The van der Waals surface area contributed by atoms with Crippen LogP contribution in [0.5, 0.6) is 11.5 Å². The van der Waals surface area contributed by atoms with Gasteiger partial charge in [-0.3, -0.25) is 9.59 Å². The summed E-state index contributed by atoms with van der Waals surface area (Å²) in [4.78, 5) is 24.8. The number of ether oxygens (including phenoxy) is 2. The fraction of sp³-hybridized carbons (Fsp3) is 0.167. The Kier molecular flexibility index (Phi) is 8.60. The van der Waals surface area contributed by atoms with Gasteiger partial charge in [-0.05, 0) is 54.4 Å². The minimum atomic E-state index is -2.87. The van der Waals surface area contributed by atoms with E-state index in [1.165, 1.54) is 24.3 Å². The van der Waals surface area contributed by atoms with Gasteiger partial charge >= 0.3 is 6.61 Å². The number of benzene rings is 3. The number of halogens is 3. The fourth-order valence-corrected chi connectivity index (χ4v) is 3.08. The lowest BCUT2D eigenvalue weighted by atomic mass is 10.1. The van der Waals surface area contributed by atoms with E-state index in [1.807, 2.05) is 6.07 Å². The van der Waals surface area contributed by atoms with Crippen molar-refractivity contribution in [2.75, 3.05) is 18.5 Å². The van der Waals surface area contributed by atoms with Crippen molar-refractivity contribution in [1.29, 1.82) is 0 Å². The first-order valence-electron chi connectivity index (χ1n) is 10.00. The van der Waals surface area contributed by atoms with Crippen LogP contribution in [-0.2, 0) is 11.2 Å². The molecule has 33 heavy (non-hydrogen) atoms. The SMILES string of the molecule is O=C(COc1ccc(Cl)cc1C(=O)Nc1ccccc1)NCCc1ccc(OC(F)F)cc1. The summed E-state index contributed by atoms with van der Waals surface area (Å²) in [6, 6.07) is 19.6. The van der Waals surface area contributed by atoms with E-state index in [9.17, 15) is 18.4 Å². The number of carbonyl (C=O) groups excluding carboxylic acids is 2. The van der Waals surface area contributed by atoms with Gasteiger partial charge in [0.1, 0.15) is 11.5 Å². The molecule has 0 bridgehead atoms. The molecule has 0 spiro atoms. The lowest BCUT2D eigenvalue weighted by Crippen LogP contribution is -2.30. The number of anilines is 1. The molecule has 6 nitrogen and oxygen atoms in total. The van der Waals surface area contributed by atoms with Gasteiger partial charge in [0.15, 0.2) is 6.61 Å². The van der Waals surface area contributed by atoms with Crippen molar-refractivity contribution in [2.45, 2.75) is 13.0 Å². The molecule has 9 heteroatoms. The molecule has 0 saturated heterocycles. The number of para-hydroxylation sites is 1. The van der Waals surface area contributed by atoms with E-state index in [0.717, 1.165) is 5.56 Å². The van der Waals surface area contributed by atoms with E-state index >= 15 is 0 Å². The molecule has 3 aromatic carbocycles. The maximum absolute atomic E-state index is 12.6. The smallest absolute Gasteiger partial charge is 0.387 e. The number of carbonyl (C=O) groups is 2. The maximum Gasteiger partial charge on any atom is 0.387 e. The molecular weight excluding hydrogens is 454 g/mol. The molecule has 0 saturated carbocycles. The average Bonchev–Trinajstić information content (AvgIpc) is 2.79. The molecule has 0 aliphatic rings. The maximum atomic E-state index is 12.6. The molecule has 2 amide bonds. The van der Waals surface area contributed by atoms with Crippen LogP contribution in [0, 0.1) is 0 Å². The molecule has 2 N–H and O–H groups in total. The third-order valence-electron chi connectivity index (χ3n) is 4.46. The van der Waals surface area contributed by atoms with Crippen molar-refractivity contribution in [3.8, 4) is 11.5 Å². The summed E-state index contributed by atoms with van der Waals surface area (Å²) in [5, 5.41) is 5.81. The number of amides is 2. The second-order valence-electron chi connectivity index (χ2n) is 6.87. The van der Waals surface area contributed by atoms with Crippen molar-refractivity contribution in [3.05, 3.63) is 88.9 Å². The summed E-state index contributed by atoms with van der Waals surface area (Å²) in [5.41, 5.74) is 1.65. The van der Waals surface area contributed by atoms with Gasteiger partial charge in [-0.1, -0.05) is 41.9 Å². The van der Waals surface area contributed by atoms with Gasteiger partial charge in [-0.15, -0.1) is 0 Å². The Hall–Kier alpha value is -3.65. The van der Waals surface area contributed by atoms with Crippen LogP contribution in [0.15, 0.2) is 72.8 Å². The first-order valence-corrected chi connectivity index (χ1v) is 10.4. The number of hydrogen-bond donors (Lipinski definition) is 2. The predicted octanol–water partition coefficient (Wildman–Crippen LogP) is 4.93. The second-order valence-corrected chi connectivity index (χ2v) is 7.31. The van der Waals surface area contributed by atoms with Crippen molar-refractivity contribution in [2.24, 2.45) is 0 Å². The third-order valence-corrected chi connectivity index (χ3v) is 4.70. The van der Waals surface area contributed by atoms with Gasteiger partial charge in [-0.25, -0.2) is 0 Å². The molecule has 0 radical (unpaired) electrons. The van der Waals surface area contributed by atoms with Crippen molar-refractivity contribution in [1.82, 2.24) is 5.32 Å². The summed E-state index contributed by atoms with van der Waals surface area (Å²) in [7, 11) is 0. The average molecular weight is 475 g/mol. The van der Waals surface area contributed by atoms with Gasteiger partial charge in [0.05, 0.1) is 5.56 Å². The highest BCUT2D eigenvalue weighted by atomic mass is 35.5. The van der Waals surface area contributed by atoms with Crippen LogP contribution in [0.25, 0.3) is 0 Å². The normalized spacial score (nSPS) is 10.5. The molecular formula is C24H21ClF2N2O4. The van der Waals surface area contributed by atoms with Crippen LogP contribution in [0.3, 0.4) is 0 Å². The monoisotopic (exact) mass is 474 g/mol. The molecule has 0 heterocycles. The Morgan fingerprint density at radius 2 is 1.70 bits per heavy atom. The molecule has 0 unspecified atom stereocenters. The Bertz CT molecular complexity index is 1080. The van der Waals surface area contributed by atoms with E-state index in [4.69, 9.17) is 16.3 Å². The first-order chi connectivity index (χ1) is 15.9. The van der Waals surface area contributed by atoms with E-state index in [-0.39, 0.29) is 29.6 Å². The molecule has 0 aliphatic heterocycles. The van der Waals surface area contributed by atoms with Crippen molar-refractivity contribution < 1.29 is 27.8 Å². The van der Waals surface area contributed by atoms with Crippen LogP contribution in [-0.4, -0.2) is 31.6 Å². The van der Waals surface area contributed by atoms with Gasteiger partial charge in [0, 0.05) is 17.3 Å². The molecule has 172 valence electrons. The molecule has 0 fully saturated rings. The van der Waals surface area contributed by atoms with Crippen LogP contribution >= 0.6 is 11.6 Å². The van der Waals surface area contributed by atoms with Crippen molar-refractivity contribution >= 4 is 29.1 Å². The van der Waals surface area contributed by atoms with Gasteiger partial charge in [0.25, 0.3) is 11.8 Å². The predicted molar refractivity (Wildman–Crippen MR) is 121 cm³/mol. The molecule has 3 aromatic rings. The van der Waals surface area contributed by atoms with Gasteiger partial charge in [0.2, 0.25) is 0 Å². The minimum absolute atomic E-state index is 0.0706. The zero-order chi connectivity index (χ0) is 23.6. The summed E-state index contributed by atoms with van der Waals surface area (Å²) in [5.74, 6) is -0.505. The number of nitrogens with one attached hydrogen (secondary N) is 2. The minimum Gasteiger partial charge on any atom is -0.483 e. The van der Waals surface area contributed by atoms with Crippen LogP contribution < -0.4 is 20.1 Å². The van der Waals surface area contributed by atoms with Crippen LogP contribution in [0.2, 0.25) is 5.02 Å². The van der Waals surface area contributed by atoms with E-state index in [2.05, 4.69) is 15.4 Å². The lowest BCUT2D eigenvalue weighted by Gasteiger charge is -2.12. The third kappa shape index (κ3) is 7.76. The second kappa shape index (κ2) is 11.8. The molecule has 0 atom stereocenters. The van der Waals surface area contributed by atoms with Crippen LogP contribution in [0.1, 0.15) is 15.9 Å². The summed E-state index contributed by atoms with van der Waals surface area (Å²) < 4.78 is 34.2. The zero-order valence-electron chi connectivity index (χ0n) is 17.4. The number of rotatable bonds is 10. The van der Waals surface area contributed by atoms with E-state index in [1.54, 1.807) is 42.5 Å². The molecule has 0 aliphatic carbocycles. The number of hydrogen-bond acceptors (Lipinski definition) is 4. The quantitative estimate of drug-likeness (QED) is 0.437. The van der Waals surface area contributed by atoms with Crippen molar-refractivity contribution in [3.63, 3.8) is 0 Å². The molecule has 3 rings (SSSR count). The molecule has 0 aromatic heterocycles.